The van der Waals surface area contributed by atoms with E-state index in [-0.39, 0.29) is 36.4 Å². The molecule has 314 valence electrons. The Balaban J connectivity index is 1.05. The number of fused-ring (bicyclic) bond motifs is 6. The van der Waals surface area contributed by atoms with Gasteiger partial charge in [-0.25, -0.2) is 0 Å². The molecule has 0 atom stereocenters. The van der Waals surface area contributed by atoms with Crippen LogP contribution in [0.4, 0.5) is 34.1 Å². The number of para-hydroxylation sites is 4. The first-order chi connectivity index (χ1) is 35.3. The van der Waals surface area contributed by atoms with Crippen LogP contribution in [0.5, 0.6) is 0 Å². The average Bonchev–Trinajstić information content (AvgIpc) is 3.42. The summed E-state index contributed by atoms with van der Waals surface area (Å²) in [5, 5.41) is 3.53. The maximum Gasteiger partial charge on any atom is 0.247 e. The lowest BCUT2D eigenvalue weighted by atomic mass is 9.36. The molecular weight excluding hydrogens is 848 g/mol. The highest BCUT2D eigenvalue weighted by Crippen LogP contribution is 2.48. The van der Waals surface area contributed by atoms with E-state index in [0.717, 1.165) is 66.8 Å². The molecule has 0 N–H and O–H groups in total. The first-order valence-corrected chi connectivity index (χ1v) is 24.1. The zero-order valence-electron chi connectivity index (χ0n) is 41.1. The zero-order valence-corrected chi connectivity index (χ0v) is 37.7. The Morgan fingerprint density at radius 2 is 0.687 bits per heavy atom. The molecular formula is C62H41BN2S2. The molecule has 0 bridgehead atoms. The molecule has 2 aliphatic rings. The normalized spacial score (nSPS) is 13.4. The van der Waals surface area contributed by atoms with Crippen LogP contribution in [0.25, 0.3) is 43.8 Å². The van der Waals surface area contributed by atoms with E-state index in [1.54, 1.807) is 0 Å². The molecule has 2 nitrogen and oxygen atoms in total. The van der Waals surface area contributed by atoms with Gasteiger partial charge in [-0.15, -0.1) is 0 Å². The van der Waals surface area contributed by atoms with Crippen LogP contribution in [0.15, 0.2) is 268 Å². The molecule has 13 rings (SSSR count). The molecule has 0 saturated heterocycles. The van der Waals surface area contributed by atoms with E-state index < -0.39 is 6.04 Å². The lowest BCUT2D eigenvalue weighted by molar-refractivity contribution is 1.25. The van der Waals surface area contributed by atoms with Crippen LogP contribution >= 0.6 is 23.5 Å². The first kappa shape index (κ1) is 34.6. The third-order valence-electron chi connectivity index (χ3n) is 13.0. The maximum atomic E-state index is 9.14. The third kappa shape index (κ3) is 6.85. The van der Waals surface area contributed by atoms with Crippen molar-refractivity contribution in [1.29, 1.82) is 0 Å². The topological polar surface area (TPSA) is 6.48 Å². The monoisotopic (exact) mass is 893 g/mol. The molecule has 0 amide bonds. The van der Waals surface area contributed by atoms with Gasteiger partial charge >= 0.3 is 0 Å². The minimum absolute atomic E-state index is 0.0385. The van der Waals surface area contributed by atoms with Crippen molar-refractivity contribution in [2.24, 2.45) is 0 Å². The first-order valence-electron chi connectivity index (χ1n) is 25.0. The number of benzene rings is 11. The van der Waals surface area contributed by atoms with Gasteiger partial charge in [-0.3, -0.25) is 0 Å². The van der Waals surface area contributed by atoms with E-state index in [9.17, 15) is 0 Å². The van der Waals surface area contributed by atoms with E-state index in [1.807, 2.05) is 59.9 Å². The van der Waals surface area contributed by atoms with Crippen LogP contribution in [-0.2, 0) is 0 Å². The second kappa shape index (κ2) is 16.6. The fraction of sp³-hybridized carbons (Fsp3) is 0. The van der Waals surface area contributed by atoms with Gasteiger partial charge in [-0.1, -0.05) is 198 Å². The lowest BCUT2D eigenvalue weighted by Crippen LogP contribution is -2.58. The van der Waals surface area contributed by atoms with Gasteiger partial charge in [0.05, 0.1) is 6.85 Å². The lowest BCUT2D eigenvalue weighted by Gasteiger charge is -2.35. The molecule has 67 heavy (non-hydrogen) atoms. The molecule has 2 aliphatic heterocycles. The van der Waals surface area contributed by atoms with Gasteiger partial charge in [0, 0.05) is 53.7 Å². The van der Waals surface area contributed by atoms with Gasteiger partial charge < -0.3 is 9.80 Å². The fourth-order valence-corrected chi connectivity index (χ4v) is 12.7. The van der Waals surface area contributed by atoms with Crippen LogP contribution in [0.2, 0.25) is 0 Å². The molecule has 0 fully saturated rings. The molecule has 0 radical (unpaired) electrons. The second-order valence-electron chi connectivity index (χ2n) is 16.8. The quantitative estimate of drug-likeness (QED) is 0.111. The molecule has 0 aliphatic carbocycles. The van der Waals surface area contributed by atoms with Crippen LogP contribution in [0.3, 0.4) is 0 Å². The van der Waals surface area contributed by atoms with Crippen molar-refractivity contribution in [3.05, 3.63) is 249 Å². The molecule has 11 aromatic carbocycles. The third-order valence-corrected chi connectivity index (χ3v) is 15.3. The Morgan fingerprint density at radius 3 is 1.07 bits per heavy atom. The molecule has 2 heterocycles. The largest absolute Gasteiger partial charge is 0.310 e. The summed E-state index contributed by atoms with van der Waals surface area (Å²) >= 11 is 3.64. The summed E-state index contributed by atoms with van der Waals surface area (Å²) < 4.78 is 44.0. The van der Waals surface area contributed by atoms with Gasteiger partial charge in [0.25, 0.3) is 0 Å². The second-order valence-corrected chi connectivity index (χ2v) is 19.0. The predicted molar refractivity (Wildman–Crippen MR) is 287 cm³/mol. The Morgan fingerprint density at radius 1 is 0.328 bits per heavy atom. The summed E-state index contributed by atoms with van der Waals surface area (Å²) in [6.07, 6.45) is 0. The van der Waals surface area contributed by atoms with Crippen molar-refractivity contribution in [1.82, 2.24) is 0 Å². The Labute approximate surface area is 407 Å². The SMILES string of the molecule is [2H]c1c([2H])c([2H])c(-c2c3ccccc3c(-c3cc4c5c(c3)Sc3cc(N(c6ccccc6)c6ccccc6)ccc3B5c3ccc(N(c5ccccc5)c5ccccc5)cc3S4)c3ccccc23)c([2H])c1[2H]. The Kier molecular flexibility index (Phi) is 8.59. The van der Waals surface area contributed by atoms with Gasteiger partial charge in [0.2, 0.25) is 6.71 Å². The number of hydrogen-bond acceptors (Lipinski definition) is 4. The number of hydrogen-bond donors (Lipinski definition) is 0. The fourth-order valence-electron chi connectivity index (χ4n) is 10.2. The summed E-state index contributed by atoms with van der Waals surface area (Å²) in [6, 6.07) is 75.6. The van der Waals surface area contributed by atoms with Crippen molar-refractivity contribution in [2.45, 2.75) is 19.6 Å². The summed E-state index contributed by atoms with van der Waals surface area (Å²) in [5.74, 6) is 0. The predicted octanol–water partition coefficient (Wildman–Crippen LogP) is 15.7. The van der Waals surface area contributed by atoms with Crippen molar-refractivity contribution < 1.29 is 6.85 Å². The maximum absolute atomic E-state index is 9.14. The van der Waals surface area contributed by atoms with Gasteiger partial charge in [-0.05, 0) is 134 Å². The zero-order chi connectivity index (χ0) is 48.6. The highest BCUT2D eigenvalue weighted by atomic mass is 32.2. The van der Waals surface area contributed by atoms with E-state index in [1.165, 1.54) is 36.0 Å². The van der Waals surface area contributed by atoms with E-state index in [2.05, 4.69) is 192 Å². The highest BCUT2D eigenvalue weighted by molar-refractivity contribution is 8.01. The van der Waals surface area contributed by atoms with Crippen LogP contribution in [0, 0.1) is 0 Å². The van der Waals surface area contributed by atoms with Crippen LogP contribution < -0.4 is 26.2 Å². The van der Waals surface area contributed by atoms with E-state index >= 15 is 0 Å². The summed E-state index contributed by atoms with van der Waals surface area (Å²) in [5.41, 5.74) is 13.2. The molecule has 0 aromatic heterocycles. The minimum Gasteiger partial charge on any atom is -0.310 e. The summed E-state index contributed by atoms with van der Waals surface area (Å²) in [6.45, 7) is -0.0385. The molecule has 0 unspecified atom stereocenters. The average molecular weight is 894 g/mol. The van der Waals surface area contributed by atoms with Crippen LogP contribution in [0.1, 0.15) is 6.85 Å². The smallest absolute Gasteiger partial charge is 0.247 e. The molecule has 0 saturated carbocycles. The molecule has 11 aromatic rings. The van der Waals surface area contributed by atoms with Crippen molar-refractivity contribution in [2.75, 3.05) is 9.80 Å². The van der Waals surface area contributed by atoms with Crippen molar-refractivity contribution in [3.8, 4) is 22.3 Å². The standard InChI is InChI=1S/C62H41BN2S2/c1-6-20-42(21-7-1)60-50-30-16-18-32-52(50)61(53-33-19-17-31-51(53)60)43-38-58-62-59(39-43)67-57-41-49(65(46-26-12-4-13-27-46)47-28-14-5-15-29-47)35-37-55(57)63(62)54-36-34-48(40-56(54)66-58)64(44-22-8-2-9-23-44)45-24-10-3-11-25-45/h1-41H/i1D,6D,7D,20D,21D. The van der Waals surface area contributed by atoms with Gasteiger partial charge in [-0.2, -0.15) is 0 Å². The van der Waals surface area contributed by atoms with Gasteiger partial charge in [0.15, 0.2) is 0 Å². The van der Waals surface area contributed by atoms with Crippen LogP contribution in [-0.4, -0.2) is 6.71 Å². The van der Waals surface area contributed by atoms with Crippen molar-refractivity contribution in [3.63, 3.8) is 0 Å². The molecule has 0 spiro atoms. The minimum atomic E-state index is -0.404. The van der Waals surface area contributed by atoms with E-state index in [0.29, 0.717) is 5.56 Å². The Hall–Kier alpha value is -7.70. The summed E-state index contributed by atoms with van der Waals surface area (Å²) in [4.78, 5) is 9.40. The Bertz CT molecular complexity index is 3630. The number of rotatable bonds is 8. The van der Waals surface area contributed by atoms with Crippen molar-refractivity contribution >= 4 is 102 Å². The molecule has 5 heteroatoms. The highest BCUT2D eigenvalue weighted by Gasteiger charge is 2.39. The number of anilines is 6. The van der Waals surface area contributed by atoms with E-state index in [4.69, 9.17) is 6.85 Å². The van der Waals surface area contributed by atoms with Gasteiger partial charge in [0.1, 0.15) is 0 Å². The summed E-state index contributed by atoms with van der Waals surface area (Å²) in [7, 11) is 0. The number of nitrogens with zero attached hydrogens (tertiary/aromatic N) is 2.